The molecule has 0 bridgehead atoms. The molecule has 1 unspecified atom stereocenters. The highest BCUT2D eigenvalue weighted by Crippen LogP contribution is 2.24. The Morgan fingerprint density at radius 3 is 3.12 bits per heavy atom. The van der Waals surface area contributed by atoms with Gasteiger partial charge in [-0.3, -0.25) is 4.90 Å². The number of nitrogens with one attached hydrogen (secondary N) is 1. The maximum absolute atomic E-state index is 13.3. The zero-order valence-electron chi connectivity index (χ0n) is 10.0. The van der Waals surface area contributed by atoms with E-state index in [4.69, 9.17) is 11.6 Å². The Morgan fingerprint density at radius 1 is 1.53 bits per heavy atom. The molecule has 0 spiro atoms. The summed E-state index contributed by atoms with van der Waals surface area (Å²) in [5.41, 5.74) is 0.886. The molecule has 1 aromatic carbocycles. The summed E-state index contributed by atoms with van der Waals surface area (Å²) in [6.07, 6.45) is 1.20. The summed E-state index contributed by atoms with van der Waals surface area (Å²) in [7, 11) is 1.98. The first-order valence-corrected chi connectivity index (χ1v) is 6.38. The van der Waals surface area contributed by atoms with Gasteiger partial charge in [0.05, 0.1) is 5.02 Å². The van der Waals surface area contributed by atoms with E-state index in [9.17, 15) is 4.39 Å². The largest absolute Gasteiger partial charge is 0.319 e. The monoisotopic (exact) mass is 256 g/mol. The van der Waals surface area contributed by atoms with Crippen LogP contribution in [-0.4, -0.2) is 31.6 Å². The topological polar surface area (TPSA) is 15.3 Å². The highest BCUT2D eigenvalue weighted by Gasteiger charge is 2.22. The fourth-order valence-electron chi connectivity index (χ4n) is 2.42. The molecule has 2 nitrogen and oxygen atoms in total. The third-order valence-electron chi connectivity index (χ3n) is 3.29. The van der Waals surface area contributed by atoms with Gasteiger partial charge in [0.15, 0.2) is 0 Å². The van der Waals surface area contributed by atoms with Crippen LogP contribution in [0.2, 0.25) is 5.02 Å². The summed E-state index contributed by atoms with van der Waals surface area (Å²) in [6, 6.07) is 5.02. The Balaban J connectivity index is 1.96. The third-order valence-corrected chi connectivity index (χ3v) is 3.71. The van der Waals surface area contributed by atoms with Crippen molar-refractivity contribution in [1.29, 1.82) is 0 Å². The summed E-state index contributed by atoms with van der Waals surface area (Å²) >= 11 is 5.96. The average Bonchev–Trinajstić information content (AvgIpc) is 2.73. The van der Waals surface area contributed by atoms with Crippen molar-refractivity contribution in [2.45, 2.75) is 13.0 Å². The van der Waals surface area contributed by atoms with Gasteiger partial charge in [-0.1, -0.05) is 23.7 Å². The van der Waals surface area contributed by atoms with Gasteiger partial charge >= 0.3 is 0 Å². The van der Waals surface area contributed by atoms with Gasteiger partial charge in [-0.25, -0.2) is 4.39 Å². The molecule has 1 aliphatic heterocycles. The molecule has 1 fully saturated rings. The average molecular weight is 257 g/mol. The molecule has 1 saturated heterocycles. The third kappa shape index (κ3) is 3.18. The van der Waals surface area contributed by atoms with E-state index in [0.717, 1.165) is 31.7 Å². The van der Waals surface area contributed by atoms with Gasteiger partial charge in [-0.15, -0.1) is 0 Å². The van der Waals surface area contributed by atoms with Crippen LogP contribution in [0.1, 0.15) is 12.0 Å². The van der Waals surface area contributed by atoms with Gasteiger partial charge in [0.1, 0.15) is 5.82 Å². The lowest BCUT2D eigenvalue weighted by atomic mass is 10.1. The Morgan fingerprint density at radius 2 is 2.35 bits per heavy atom. The standard InChI is InChI=1S/C13H18ClFN2/c1-16-7-10-5-6-17(8-10)9-11-3-2-4-12(15)13(11)14/h2-4,10,16H,5-9H2,1H3. The molecule has 1 atom stereocenters. The van der Waals surface area contributed by atoms with E-state index < -0.39 is 0 Å². The molecule has 2 rings (SSSR count). The van der Waals surface area contributed by atoms with Crippen molar-refractivity contribution in [3.8, 4) is 0 Å². The van der Waals surface area contributed by atoms with Gasteiger partial charge in [-0.2, -0.15) is 0 Å². The van der Waals surface area contributed by atoms with Crippen molar-refractivity contribution in [3.63, 3.8) is 0 Å². The van der Waals surface area contributed by atoms with Gasteiger partial charge in [0, 0.05) is 13.1 Å². The number of rotatable bonds is 4. The summed E-state index contributed by atoms with van der Waals surface area (Å²) in [5.74, 6) is 0.377. The van der Waals surface area contributed by atoms with Crippen LogP contribution in [0.5, 0.6) is 0 Å². The fraction of sp³-hybridized carbons (Fsp3) is 0.538. The van der Waals surface area contributed by atoms with Crippen LogP contribution < -0.4 is 5.32 Å². The lowest BCUT2D eigenvalue weighted by Crippen LogP contribution is -2.24. The number of benzene rings is 1. The summed E-state index contributed by atoms with van der Waals surface area (Å²) in [6.45, 7) is 3.93. The van der Waals surface area contributed by atoms with Crippen molar-refractivity contribution >= 4 is 11.6 Å². The predicted octanol–water partition coefficient (Wildman–Crippen LogP) is 2.52. The molecule has 94 valence electrons. The summed E-state index contributed by atoms with van der Waals surface area (Å²) in [5, 5.41) is 3.47. The first-order valence-electron chi connectivity index (χ1n) is 6.00. The van der Waals surface area contributed by atoms with Crippen LogP contribution >= 0.6 is 11.6 Å². The molecule has 1 heterocycles. The molecule has 4 heteroatoms. The number of halogens is 2. The lowest BCUT2D eigenvalue weighted by Gasteiger charge is -2.17. The van der Waals surface area contributed by atoms with Crippen molar-refractivity contribution in [3.05, 3.63) is 34.6 Å². The van der Waals surface area contributed by atoms with E-state index in [-0.39, 0.29) is 10.8 Å². The Bertz CT molecular complexity index is 384. The van der Waals surface area contributed by atoms with Gasteiger partial charge in [0.25, 0.3) is 0 Å². The molecule has 0 saturated carbocycles. The molecular formula is C13H18ClFN2. The van der Waals surface area contributed by atoms with Crippen LogP contribution in [0.4, 0.5) is 4.39 Å². The Kier molecular flexibility index (Phi) is 4.37. The predicted molar refractivity (Wildman–Crippen MR) is 68.7 cm³/mol. The first-order chi connectivity index (χ1) is 8.20. The number of hydrogen-bond acceptors (Lipinski definition) is 2. The van der Waals surface area contributed by atoms with Crippen molar-refractivity contribution in [2.75, 3.05) is 26.7 Å². The lowest BCUT2D eigenvalue weighted by molar-refractivity contribution is 0.315. The molecule has 0 aliphatic carbocycles. The maximum atomic E-state index is 13.3. The fourth-order valence-corrected chi connectivity index (χ4v) is 2.61. The normalized spacial score (nSPS) is 21.0. The summed E-state index contributed by atoms with van der Waals surface area (Å²) in [4.78, 5) is 2.34. The highest BCUT2D eigenvalue weighted by molar-refractivity contribution is 6.31. The minimum absolute atomic E-state index is 0.268. The quantitative estimate of drug-likeness (QED) is 0.891. The SMILES string of the molecule is CNCC1CCN(Cc2cccc(F)c2Cl)C1. The number of hydrogen-bond donors (Lipinski definition) is 1. The van der Waals surface area contributed by atoms with Crippen molar-refractivity contribution in [1.82, 2.24) is 10.2 Å². The molecular weight excluding hydrogens is 239 g/mol. The van der Waals surface area contributed by atoms with Crippen LogP contribution in [0, 0.1) is 11.7 Å². The first kappa shape index (κ1) is 12.8. The van der Waals surface area contributed by atoms with E-state index in [1.165, 1.54) is 12.5 Å². The van der Waals surface area contributed by atoms with E-state index >= 15 is 0 Å². The Hall–Kier alpha value is -0.640. The molecule has 1 N–H and O–H groups in total. The minimum atomic E-state index is -0.324. The van der Waals surface area contributed by atoms with E-state index in [1.807, 2.05) is 13.1 Å². The van der Waals surface area contributed by atoms with Crippen molar-refractivity contribution in [2.24, 2.45) is 5.92 Å². The van der Waals surface area contributed by atoms with E-state index in [1.54, 1.807) is 6.07 Å². The molecule has 17 heavy (non-hydrogen) atoms. The second-order valence-corrected chi connectivity index (χ2v) is 5.04. The van der Waals surface area contributed by atoms with Gasteiger partial charge in [-0.05, 0) is 44.1 Å². The van der Waals surface area contributed by atoms with Crippen molar-refractivity contribution < 1.29 is 4.39 Å². The van der Waals surface area contributed by atoms with Gasteiger partial charge in [0.2, 0.25) is 0 Å². The van der Waals surface area contributed by atoms with Crippen LogP contribution in [0.15, 0.2) is 18.2 Å². The molecule has 0 amide bonds. The Labute approximate surface area is 107 Å². The maximum Gasteiger partial charge on any atom is 0.142 e. The molecule has 0 radical (unpaired) electrons. The summed E-state index contributed by atoms with van der Waals surface area (Å²) < 4.78 is 13.3. The van der Waals surface area contributed by atoms with E-state index in [0.29, 0.717) is 5.92 Å². The minimum Gasteiger partial charge on any atom is -0.319 e. The molecule has 1 aromatic rings. The highest BCUT2D eigenvalue weighted by atomic mass is 35.5. The number of likely N-dealkylation sites (tertiary alicyclic amines) is 1. The van der Waals surface area contributed by atoms with E-state index in [2.05, 4.69) is 10.2 Å². The van der Waals surface area contributed by atoms with Crippen LogP contribution in [0.25, 0.3) is 0 Å². The van der Waals surface area contributed by atoms with Crippen LogP contribution in [0.3, 0.4) is 0 Å². The zero-order chi connectivity index (χ0) is 12.3. The van der Waals surface area contributed by atoms with Crippen LogP contribution in [-0.2, 0) is 6.54 Å². The second kappa shape index (κ2) is 5.80. The second-order valence-electron chi connectivity index (χ2n) is 4.66. The molecule has 0 aromatic heterocycles. The molecule has 1 aliphatic rings. The number of nitrogens with zero attached hydrogens (tertiary/aromatic N) is 1. The van der Waals surface area contributed by atoms with Gasteiger partial charge < -0.3 is 5.32 Å². The smallest absolute Gasteiger partial charge is 0.142 e. The zero-order valence-corrected chi connectivity index (χ0v) is 10.8.